The molecule has 3 N–H and O–H groups in total. The molecular formula is C14H25NO3. The van der Waals surface area contributed by atoms with E-state index in [2.05, 4.69) is 19.2 Å². The molecule has 0 spiro atoms. The highest BCUT2D eigenvalue weighted by Gasteiger charge is 2.40. The summed E-state index contributed by atoms with van der Waals surface area (Å²) >= 11 is 0. The Hall–Kier alpha value is -0.610. The monoisotopic (exact) mass is 255 g/mol. The van der Waals surface area contributed by atoms with E-state index in [4.69, 9.17) is 5.11 Å². The van der Waals surface area contributed by atoms with Crippen molar-refractivity contribution in [2.24, 2.45) is 11.3 Å². The number of carboxylic acid groups (broad SMARTS) is 1. The van der Waals surface area contributed by atoms with E-state index in [1.165, 1.54) is 0 Å². The molecule has 0 aliphatic heterocycles. The SMILES string of the molecule is CC1(C)CCC(O)(CNC(C(=O)O)C2CC2)CC1. The fraction of sp³-hybridized carbons (Fsp3) is 0.929. The second-order valence-corrected chi connectivity index (χ2v) is 6.92. The quantitative estimate of drug-likeness (QED) is 0.700. The lowest BCUT2D eigenvalue weighted by Crippen LogP contribution is -2.50. The number of aliphatic hydroxyl groups is 1. The standard InChI is InChI=1S/C14H25NO3/c1-13(2)5-7-14(18,8-6-13)9-15-11(12(16)17)10-3-4-10/h10-11,15,18H,3-9H2,1-2H3,(H,16,17). The molecule has 1 unspecified atom stereocenters. The molecular weight excluding hydrogens is 230 g/mol. The molecule has 0 aromatic heterocycles. The molecule has 0 bridgehead atoms. The van der Waals surface area contributed by atoms with E-state index in [1.54, 1.807) is 0 Å². The molecule has 4 nitrogen and oxygen atoms in total. The van der Waals surface area contributed by atoms with Crippen molar-refractivity contribution in [2.75, 3.05) is 6.54 Å². The van der Waals surface area contributed by atoms with Crippen molar-refractivity contribution in [2.45, 2.75) is 64.0 Å². The van der Waals surface area contributed by atoms with Crippen LogP contribution in [0.5, 0.6) is 0 Å². The molecule has 0 aromatic carbocycles. The Morgan fingerprint density at radius 1 is 1.28 bits per heavy atom. The lowest BCUT2D eigenvalue weighted by molar-refractivity contribution is -0.140. The first-order valence-electron chi connectivity index (χ1n) is 7.00. The first kappa shape index (κ1) is 13.8. The highest BCUT2D eigenvalue weighted by atomic mass is 16.4. The van der Waals surface area contributed by atoms with E-state index in [0.717, 1.165) is 38.5 Å². The molecule has 0 radical (unpaired) electrons. The topological polar surface area (TPSA) is 69.6 Å². The van der Waals surface area contributed by atoms with Crippen molar-refractivity contribution < 1.29 is 15.0 Å². The maximum absolute atomic E-state index is 11.1. The van der Waals surface area contributed by atoms with Crippen LogP contribution in [0.4, 0.5) is 0 Å². The lowest BCUT2D eigenvalue weighted by Gasteiger charge is -2.40. The number of rotatable bonds is 5. The highest BCUT2D eigenvalue weighted by Crippen LogP contribution is 2.40. The summed E-state index contributed by atoms with van der Waals surface area (Å²) in [7, 11) is 0. The summed E-state index contributed by atoms with van der Waals surface area (Å²) in [6, 6.07) is -0.469. The zero-order chi connectivity index (χ0) is 13.4. The van der Waals surface area contributed by atoms with Gasteiger partial charge in [0.15, 0.2) is 0 Å². The normalized spacial score (nSPS) is 27.7. The Kier molecular flexibility index (Phi) is 3.70. The summed E-state index contributed by atoms with van der Waals surface area (Å²) in [5, 5.41) is 22.7. The largest absolute Gasteiger partial charge is 0.480 e. The van der Waals surface area contributed by atoms with E-state index in [-0.39, 0.29) is 5.92 Å². The van der Waals surface area contributed by atoms with Crippen molar-refractivity contribution in [3.05, 3.63) is 0 Å². The van der Waals surface area contributed by atoms with Gasteiger partial charge < -0.3 is 15.5 Å². The average Bonchev–Trinajstić information content (AvgIpc) is 3.08. The maximum Gasteiger partial charge on any atom is 0.320 e. The van der Waals surface area contributed by atoms with Crippen LogP contribution in [0, 0.1) is 11.3 Å². The molecule has 2 aliphatic carbocycles. The Morgan fingerprint density at radius 3 is 2.28 bits per heavy atom. The van der Waals surface area contributed by atoms with Gasteiger partial charge in [0, 0.05) is 6.54 Å². The molecule has 0 aromatic rings. The van der Waals surface area contributed by atoms with E-state index in [1.807, 2.05) is 0 Å². The molecule has 2 aliphatic rings. The Balaban J connectivity index is 1.83. The molecule has 2 rings (SSSR count). The van der Waals surface area contributed by atoms with Crippen molar-refractivity contribution in [1.82, 2.24) is 5.32 Å². The zero-order valence-electron chi connectivity index (χ0n) is 11.4. The first-order chi connectivity index (χ1) is 8.31. The predicted octanol–water partition coefficient (Wildman–Crippen LogP) is 1.77. The Morgan fingerprint density at radius 2 is 1.83 bits per heavy atom. The molecule has 4 heteroatoms. The summed E-state index contributed by atoms with van der Waals surface area (Å²) < 4.78 is 0. The van der Waals surface area contributed by atoms with Gasteiger partial charge in [-0.2, -0.15) is 0 Å². The fourth-order valence-corrected chi connectivity index (χ4v) is 2.75. The number of carboxylic acids is 1. The predicted molar refractivity (Wildman–Crippen MR) is 69.3 cm³/mol. The summed E-state index contributed by atoms with van der Waals surface area (Å²) in [5.74, 6) is -0.511. The summed E-state index contributed by atoms with van der Waals surface area (Å²) in [4.78, 5) is 11.1. The van der Waals surface area contributed by atoms with Crippen LogP contribution >= 0.6 is 0 Å². The Labute approximate surface area is 109 Å². The number of hydrogen-bond donors (Lipinski definition) is 3. The van der Waals surface area contributed by atoms with Gasteiger partial charge in [0.05, 0.1) is 5.60 Å². The van der Waals surface area contributed by atoms with Crippen LogP contribution in [0.25, 0.3) is 0 Å². The van der Waals surface area contributed by atoms with Crippen molar-refractivity contribution in [1.29, 1.82) is 0 Å². The smallest absolute Gasteiger partial charge is 0.320 e. The van der Waals surface area contributed by atoms with Crippen LogP contribution in [0.3, 0.4) is 0 Å². The van der Waals surface area contributed by atoms with Gasteiger partial charge in [-0.05, 0) is 49.9 Å². The van der Waals surface area contributed by atoms with Gasteiger partial charge in [0.2, 0.25) is 0 Å². The average molecular weight is 255 g/mol. The number of carbonyl (C=O) groups is 1. The van der Waals surface area contributed by atoms with Gasteiger partial charge in [-0.3, -0.25) is 4.79 Å². The highest BCUT2D eigenvalue weighted by molar-refractivity contribution is 5.74. The molecule has 2 fully saturated rings. The molecule has 104 valence electrons. The third-order valence-corrected chi connectivity index (χ3v) is 4.54. The van der Waals surface area contributed by atoms with Crippen molar-refractivity contribution in [3.63, 3.8) is 0 Å². The molecule has 0 saturated heterocycles. The first-order valence-corrected chi connectivity index (χ1v) is 7.00. The van der Waals surface area contributed by atoms with E-state index >= 15 is 0 Å². The second-order valence-electron chi connectivity index (χ2n) is 6.92. The van der Waals surface area contributed by atoms with E-state index in [9.17, 15) is 9.90 Å². The molecule has 1 atom stereocenters. The second kappa shape index (κ2) is 4.82. The molecule has 0 amide bonds. The van der Waals surface area contributed by atoms with Crippen LogP contribution in [0.15, 0.2) is 0 Å². The number of hydrogen-bond acceptors (Lipinski definition) is 3. The van der Waals surface area contributed by atoms with Gasteiger partial charge in [-0.25, -0.2) is 0 Å². The van der Waals surface area contributed by atoms with Crippen LogP contribution in [0.1, 0.15) is 52.4 Å². The third kappa shape index (κ3) is 3.45. The molecule has 0 heterocycles. The van der Waals surface area contributed by atoms with Crippen LogP contribution in [0.2, 0.25) is 0 Å². The zero-order valence-corrected chi connectivity index (χ0v) is 11.4. The van der Waals surface area contributed by atoms with Gasteiger partial charge in [0.1, 0.15) is 6.04 Å². The minimum Gasteiger partial charge on any atom is -0.480 e. The number of nitrogens with one attached hydrogen (secondary N) is 1. The van der Waals surface area contributed by atoms with Gasteiger partial charge in [0.25, 0.3) is 0 Å². The van der Waals surface area contributed by atoms with E-state index < -0.39 is 17.6 Å². The summed E-state index contributed by atoms with van der Waals surface area (Å²) in [6.07, 6.45) is 5.54. The molecule has 18 heavy (non-hydrogen) atoms. The summed E-state index contributed by atoms with van der Waals surface area (Å²) in [5.41, 5.74) is -0.396. The van der Waals surface area contributed by atoms with Crippen LogP contribution in [-0.4, -0.2) is 34.4 Å². The van der Waals surface area contributed by atoms with Gasteiger partial charge in [-0.15, -0.1) is 0 Å². The van der Waals surface area contributed by atoms with Crippen molar-refractivity contribution in [3.8, 4) is 0 Å². The fourth-order valence-electron chi connectivity index (χ4n) is 2.75. The van der Waals surface area contributed by atoms with Crippen LogP contribution < -0.4 is 5.32 Å². The third-order valence-electron chi connectivity index (χ3n) is 4.54. The van der Waals surface area contributed by atoms with Gasteiger partial charge >= 0.3 is 5.97 Å². The minimum absolute atomic E-state index is 0.270. The van der Waals surface area contributed by atoms with Gasteiger partial charge in [-0.1, -0.05) is 13.8 Å². The minimum atomic E-state index is -0.780. The molecule has 2 saturated carbocycles. The Bertz CT molecular complexity index is 313. The summed E-state index contributed by atoms with van der Waals surface area (Å²) in [6.45, 7) is 4.87. The van der Waals surface area contributed by atoms with Crippen molar-refractivity contribution >= 4 is 5.97 Å². The van der Waals surface area contributed by atoms with Crippen LogP contribution in [-0.2, 0) is 4.79 Å². The van der Waals surface area contributed by atoms with E-state index in [0.29, 0.717) is 12.0 Å². The lowest BCUT2D eigenvalue weighted by atomic mass is 9.71. The number of aliphatic carboxylic acids is 1. The maximum atomic E-state index is 11.1.